The van der Waals surface area contributed by atoms with Crippen molar-refractivity contribution in [2.75, 3.05) is 0 Å². The zero-order chi connectivity index (χ0) is 8.27. The van der Waals surface area contributed by atoms with E-state index in [1.165, 1.54) is 12.1 Å². The predicted octanol–water partition coefficient (Wildman–Crippen LogP) is 1.10. The van der Waals surface area contributed by atoms with Crippen molar-refractivity contribution in [3.05, 3.63) is 35.1 Å². The van der Waals surface area contributed by atoms with E-state index in [1.807, 2.05) is 0 Å². The lowest BCUT2D eigenvalue weighted by atomic mass is 10.1. The Morgan fingerprint density at radius 1 is 1.55 bits per heavy atom. The van der Waals surface area contributed by atoms with Crippen molar-refractivity contribution in [1.29, 1.82) is 0 Å². The van der Waals surface area contributed by atoms with Gasteiger partial charge in [0.2, 0.25) is 0 Å². The number of hydrogen-bond donors (Lipinski definition) is 1. The van der Waals surface area contributed by atoms with Gasteiger partial charge in [0.25, 0.3) is 0 Å². The van der Waals surface area contributed by atoms with Gasteiger partial charge in [-0.25, -0.2) is 4.39 Å². The molecule has 2 nitrogen and oxygen atoms in total. The lowest BCUT2D eigenvalue weighted by molar-refractivity contribution is 0.111. The third kappa shape index (κ3) is 1.62. The molecule has 0 aliphatic rings. The number of aldehydes is 1. The van der Waals surface area contributed by atoms with Crippen LogP contribution in [0.1, 0.15) is 15.9 Å². The number of benzene rings is 1. The van der Waals surface area contributed by atoms with Gasteiger partial charge in [0.15, 0.2) is 6.29 Å². The molecule has 0 aromatic heterocycles. The van der Waals surface area contributed by atoms with Gasteiger partial charge < -0.3 is 5.73 Å². The van der Waals surface area contributed by atoms with E-state index < -0.39 is 5.82 Å². The van der Waals surface area contributed by atoms with Gasteiger partial charge in [0.1, 0.15) is 5.82 Å². The lowest BCUT2D eigenvalue weighted by Crippen LogP contribution is -1.98. The van der Waals surface area contributed by atoms with Crippen molar-refractivity contribution in [2.24, 2.45) is 5.73 Å². The first-order valence-electron chi connectivity index (χ1n) is 3.21. The average Bonchev–Trinajstić information content (AvgIpc) is 2.05. The van der Waals surface area contributed by atoms with Crippen molar-refractivity contribution in [2.45, 2.75) is 6.54 Å². The van der Waals surface area contributed by atoms with E-state index in [4.69, 9.17) is 5.73 Å². The minimum absolute atomic E-state index is 0.0629. The molecule has 58 valence electrons. The maximum absolute atomic E-state index is 12.6. The summed E-state index contributed by atoms with van der Waals surface area (Å²) in [6.45, 7) is 0.321. The van der Waals surface area contributed by atoms with E-state index in [1.54, 1.807) is 6.07 Å². The summed E-state index contributed by atoms with van der Waals surface area (Å²) in [5.41, 5.74) is 6.11. The van der Waals surface area contributed by atoms with Crippen molar-refractivity contribution < 1.29 is 9.18 Å². The molecule has 1 rings (SSSR count). The lowest BCUT2D eigenvalue weighted by Gasteiger charge is -1.97. The van der Waals surface area contributed by atoms with Crippen LogP contribution in [0.3, 0.4) is 0 Å². The molecule has 0 bridgehead atoms. The molecule has 2 N–H and O–H groups in total. The summed E-state index contributed by atoms with van der Waals surface area (Å²) in [4.78, 5) is 10.2. The monoisotopic (exact) mass is 153 g/mol. The second kappa shape index (κ2) is 3.25. The van der Waals surface area contributed by atoms with Crippen molar-refractivity contribution in [1.82, 2.24) is 0 Å². The van der Waals surface area contributed by atoms with Gasteiger partial charge in [0.05, 0.1) is 5.56 Å². The minimum atomic E-state index is -0.503. The fourth-order valence-corrected chi connectivity index (χ4v) is 0.810. The van der Waals surface area contributed by atoms with E-state index in [-0.39, 0.29) is 5.56 Å². The zero-order valence-electron chi connectivity index (χ0n) is 5.88. The number of halogens is 1. The Morgan fingerprint density at radius 2 is 2.27 bits per heavy atom. The molecule has 0 amide bonds. The van der Waals surface area contributed by atoms with Crippen LogP contribution in [0.2, 0.25) is 0 Å². The molecule has 0 heterocycles. The minimum Gasteiger partial charge on any atom is -0.326 e. The Hall–Kier alpha value is -1.22. The highest BCUT2D eigenvalue weighted by atomic mass is 19.1. The molecule has 0 fully saturated rings. The maximum Gasteiger partial charge on any atom is 0.153 e. The molecule has 3 heteroatoms. The van der Waals surface area contributed by atoms with Gasteiger partial charge in [0, 0.05) is 6.54 Å². The highest BCUT2D eigenvalue weighted by molar-refractivity contribution is 5.75. The molecule has 0 saturated heterocycles. The summed E-state index contributed by atoms with van der Waals surface area (Å²) >= 11 is 0. The van der Waals surface area contributed by atoms with Crippen molar-refractivity contribution >= 4 is 6.29 Å². The number of rotatable bonds is 2. The molecule has 0 radical (unpaired) electrons. The van der Waals surface area contributed by atoms with E-state index in [2.05, 4.69) is 0 Å². The van der Waals surface area contributed by atoms with E-state index in [0.29, 0.717) is 12.8 Å². The topological polar surface area (TPSA) is 43.1 Å². The van der Waals surface area contributed by atoms with Crippen LogP contribution in [0.25, 0.3) is 0 Å². The fraction of sp³-hybridized carbons (Fsp3) is 0.125. The van der Waals surface area contributed by atoms with Crippen LogP contribution in [0, 0.1) is 5.82 Å². The second-order valence-corrected chi connectivity index (χ2v) is 2.18. The van der Waals surface area contributed by atoms with E-state index in [0.717, 1.165) is 5.56 Å². The zero-order valence-corrected chi connectivity index (χ0v) is 5.88. The third-order valence-electron chi connectivity index (χ3n) is 1.42. The van der Waals surface area contributed by atoms with Crippen LogP contribution >= 0.6 is 0 Å². The molecular formula is C8H8FNO. The van der Waals surface area contributed by atoms with Crippen molar-refractivity contribution in [3.8, 4) is 0 Å². The highest BCUT2D eigenvalue weighted by Crippen LogP contribution is 2.07. The third-order valence-corrected chi connectivity index (χ3v) is 1.42. The quantitative estimate of drug-likeness (QED) is 0.646. The van der Waals surface area contributed by atoms with Crippen LogP contribution in [0.5, 0.6) is 0 Å². The summed E-state index contributed by atoms with van der Waals surface area (Å²) in [7, 11) is 0. The summed E-state index contributed by atoms with van der Waals surface area (Å²) < 4.78 is 12.6. The molecule has 0 saturated carbocycles. The average molecular weight is 153 g/mol. The standard InChI is InChI=1S/C8H8FNO/c9-8-2-1-6(4-10)3-7(8)5-11/h1-3,5H,4,10H2. The number of carbonyl (C=O) groups is 1. The van der Waals surface area contributed by atoms with Gasteiger partial charge >= 0.3 is 0 Å². The van der Waals surface area contributed by atoms with Crippen molar-refractivity contribution in [3.63, 3.8) is 0 Å². The Bertz CT molecular complexity index is 273. The molecule has 0 aliphatic heterocycles. The first-order valence-corrected chi connectivity index (χ1v) is 3.21. The molecule has 11 heavy (non-hydrogen) atoms. The van der Waals surface area contributed by atoms with Gasteiger partial charge in [-0.2, -0.15) is 0 Å². The van der Waals surface area contributed by atoms with Crippen LogP contribution in [0.15, 0.2) is 18.2 Å². The Morgan fingerprint density at radius 3 is 2.82 bits per heavy atom. The first kappa shape index (κ1) is 7.88. The molecular weight excluding hydrogens is 145 g/mol. The molecule has 0 atom stereocenters. The molecule has 0 unspecified atom stereocenters. The second-order valence-electron chi connectivity index (χ2n) is 2.18. The predicted molar refractivity (Wildman–Crippen MR) is 39.7 cm³/mol. The SMILES string of the molecule is NCc1ccc(F)c(C=O)c1. The Labute approximate surface area is 63.8 Å². The number of hydrogen-bond acceptors (Lipinski definition) is 2. The normalized spacial score (nSPS) is 9.64. The van der Waals surface area contributed by atoms with Crippen LogP contribution in [-0.2, 0) is 6.54 Å². The van der Waals surface area contributed by atoms with Crippen LogP contribution in [0.4, 0.5) is 4.39 Å². The number of nitrogens with two attached hydrogens (primary N) is 1. The molecule has 0 aliphatic carbocycles. The Balaban J connectivity index is 3.12. The maximum atomic E-state index is 12.6. The first-order chi connectivity index (χ1) is 5.27. The summed E-state index contributed by atoms with van der Waals surface area (Å²) in [5, 5.41) is 0. The van der Waals surface area contributed by atoms with E-state index in [9.17, 15) is 9.18 Å². The molecule has 1 aromatic rings. The van der Waals surface area contributed by atoms with Gasteiger partial charge in [-0.05, 0) is 17.7 Å². The summed E-state index contributed by atoms with van der Waals surface area (Å²) in [6.07, 6.45) is 0.481. The highest BCUT2D eigenvalue weighted by Gasteiger charge is 2.00. The van der Waals surface area contributed by atoms with Crippen LogP contribution < -0.4 is 5.73 Å². The van der Waals surface area contributed by atoms with Gasteiger partial charge in [-0.15, -0.1) is 0 Å². The Kier molecular flexibility index (Phi) is 2.33. The van der Waals surface area contributed by atoms with Crippen LogP contribution in [-0.4, -0.2) is 6.29 Å². The summed E-state index contributed by atoms with van der Waals surface area (Å²) in [5.74, 6) is -0.503. The molecule has 1 aromatic carbocycles. The largest absolute Gasteiger partial charge is 0.326 e. The van der Waals surface area contributed by atoms with E-state index >= 15 is 0 Å². The number of carbonyl (C=O) groups excluding carboxylic acids is 1. The fourth-order valence-electron chi connectivity index (χ4n) is 0.810. The van der Waals surface area contributed by atoms with Gasteiger partial charge in [-0.1, -0.05) is 6.07 Å². The van der Waals surface area contributed by atoms with Gasteiger partial charge in [-0.3, -0.25) is 4.79 Å². The smallest absolute Gasteiger partial charge is 0.153 e. The molecule has 0 spiro atoms. The summed E-state index contributed by atoms with van der Waals surface area (Å²) in [6, 6.07) is 4.25.